The SMILES string of the molecule is O=C(N[C@H](CN1CCCC1)[C@H](O)c1cc(F)c2c(c1)OCCO2)[C@@H]1CCN(c2ccc3cc(Cl)ccc3n2)C1. The van der Waals surface area contributed by atoms with Gasteiger partial charge in [-0.1, -0.05) is 11.6 Å². The maximum absolute atomic E-state index is 14.8. The molecule has 2 aromatic carbocycles. The average molecular weight is 555 g/mol. The van der Waals surface area contributed by atoms with Gasteiger partial charge in [-0.3, -0.25) is 4.79 Å². The lowest BCUT2D eigenvalue weighted by Gasteiger charge is -2.30. The van der Waals surface area contributed by atoms with E-state index in [1.54, 1.807) is 6.07 Å². The van der Waals surface area contributed by atoms with Gasteiger partial charge in [0, 0.05) is 30.0 Å². The molecule has 3 aliphatic heterocycles. The summed E-state index contributed by atoms with van der Waals surface area (Å²) in [6.45, 7) is 4.13. The Balaban J connectivity index is 1.17. The summed E-state index contributed by atoms with van der Waals surface area (Å²) in [5.74, 6) is 0.209. The molecule has 39 heavy (non-hydrogen) atoms. The van der Waals surface area contributed by atoms with Crippen LogP contribution in [0, 0.1) is 11.7 Å². The Morgan fingerprint density at radius 1 is 1.13 bits per heavy atom. The topological polar surface area (TPSA) is 87.2 Å². The lowest BCUT2D eigenvalue weighted by atomic mass is 9.99. The molecule has 3 aliphatic rings. The number of halogens is 2. The van der Waals surface area contributed by atoms with Crippen LogP contribution in [0.5, 0.6) is 11.5 Å². The highest BCUT2D eigenvalue weighted by molar-refractivity contribution is 6.31. The van der Waals surface area contributed by atoms with Crippen LogP contribution >= 0.6 is 11.6 Å². The zero-order valence-electron chi connectivity index (χ0n) is 21.6. The molecular weight excluding hydrogens is 523 g/mol. The fourth-order valence-corrected chi connectivity index (χ4v) is 5.93. The number of rotatable bonds is 7. The molecule has 6 rings (SSSR count). The lowest BCUT2D eigenvalue weighted by molar-refractivity contribution is -0.126. The molecule has 8 nitrogen and oxygen atoms in total. The van der Waals surface area contributed by atoms with Gasteiger partial charge in [0.05, 0.1) is 17.5 Å². The monoisotopic (exact) mass is 554 g/mol. The number of ether oxygens (including phenoxy) is 2. The predicted octanol–water partition coefficient (Wildman–Crippen LogP) is 3.94. The molecule has 3 atom stereocenters. The highest BCUT2D eigenvalue weighted by atomic mass is 35.5. The Bertz CT molecular complexity index is 1370. The van der Waals surface area contributed by atoms with Crippen molar-refractivity contribution in [1.29, 1.82) is 0 Å². The van der Waals surface area contributed by atoms with Crippen molar-refractivity contribution >= 4 is 34.2 Å². The maximum atomic E-state index is 14.8. The van der Waals surface area contributed by atoms with Crippen molar-refractivity contribution in [2.75, 3.05) is 50.8 Å². The van der Waals surface area contributed by atoms with Gasteiger partial charge < -0.3 is 29.7 Å². The van der Waals surface area contributed by atoms with Crippen molar-refractivity contribution in [1.82, 2.24) is 15.2 Å². The smallest absolute Gasteiger partial charge is 0.225 e. The van der Waals surface area contributed by atoms with Gasteiger partial charge in [-0.25, -0.2) is 9.37 Å². The molecular formula is C29H32ClFN4O4. The third kappa shape index (κ3) is 5.62. The second kappa shape index (κ2) is 11.2. The Hall–Kier alpha value is -3.14. The maximum Gasteiger partial charge on any atom is 0.225 e. The normalized spacial score (nSPS) is 20.8. The number of aliphatic hydroxyl groups is 1. The number of carbonyl (C=O) groups is 1. The zero-order valence-corrected chi connectivity index (χ0v) is 22.4. The van der Waals surface area contributed by atoms with Crippen LogP contribution in [-0.4, -0.2) is 72.9 Å². The number of fused-ring (bicyclic) bond motifs is 2. The fourth-order valence-electron chi connectivity index (χ4n) is 5.75. The fraction of sp³-hybridized carbons (Fsp3) is 0.448. The molecule has 10 heteroatoms. The highest BCUT2D eigenvalue weighted by Gasteiger charge is 2.34. The molecule has 0 saturated carbocycles. The van der Waals surface area contributed by atoms with Crippen LogP contribution in [0.25, 0.3) is 10.9 Å². The van der Waals surface area contributed by atoms with E-state index in [0.29, 0.717) is 43.2 Å². The van der Waals surface area contributed by atoms with E-state index in [0.717, 1.165) is 42.7 Å². The van der Waals surface area contributed by atoms with Crippen LogP contribution in [0.2, 0.25) is 5.02 Å². The number of amides is 1. The van der Waals surface area contributed by atoms with Gasteiger partial charge in [0.2, 0.25) is 5.91 Å². The third-order valence-electron chi connectivity index (χ3n) is 7.84. The second-order valence-electron chi connectivity index (χ2n) is 10.5. The molecule has 1 aromatic heterocycles. The van der Waals surface area contributed by atoms with E-state index in [9.17, 15) is 14.3 Å². The van der Waals surface area contributed by atoms with Crippen molar-refractivity contribution in [3.05, 3.63) is 58.9 Å². The van der Waals surface area contributed by atoms with Crippen LogP contribution in [-0.2, 0) is 4.79 Å². The minimum Gasteiger partial charge on any atom is -0.486 e. The van der Waals surface area contributed by atoms with E-state index in [-0.39, 0.29) is 29.9 Å². The molecule has 0 unspecified atom stereocenters. The number of anilines is 1. The summed E-state index contributed by atoms with van der Waals surface area (Å²) in [5.41, 5.74) is 1.21. The van der Waals surface area contributed by atoms with Gasteiger partial charge in [0.25, 0.3) is 0 Å². The molecule has 1 amide bonds. The second-order valence-corrected chi connectivity index (χ2v) is 11.0. The van der Waals surface area contributed by atoms with Crippen LogP contribution in [0.4, 0.5) is 10.2 Å². The molecule has 2 N–H and O–H groups in total. The number of hydrogen-bond donors (Lipinski definition) is 2. The van der Waals surface area contributed by atoms with Gasteiger partial charge in [0.1, 0.15) is 25.1 Å². The first-order valence-electron chi connectivity index (χ1n) is 13.6. The van der Waals surface area contributed by atoms with Gasteiger partial charge >= 0.3 is 0 Å². The summed E-state index contributed by atoms with van der Waals surface area (Å²) in [6.07, 6.45) is 1.74. The standard InChI is InChI=1S/C29H32ClFN4O4/c30-21-4-5-23-18(13-21)3-6-26(32-23)35-10-7-19(16-35)29(37)33-24(17-34-8-1-2-9-34)27(36)20-14-22(31)28-25(15-20)38-11-12-39-28/h3-6,13-15,19,24,27,36H,1-2,7-12,16-17H2,(H,33,37)/t19-,24-,27-/m1/s1. The van der Waals surface area contributed by atoms with E-state index in [4.69, 9.17) is 26.1 Å². The number of aromatic nitrogens is 1. The molecule has 0 radical (unpaired) electrons. The Kier molecular flexibility index (Phi) is 7.47. The minimum atomic E-state index is -1.11. The Labute approximate surface area is 231 Å². The van der Waals surface area contributed by atoms with Crippen LogP contribution in [0.15, 0.2) is 42.5 Å². The number of hydrogen-bond acceptors (Lipinski definition) is 7. The number of likely N-dealkylation sites (tertiary alicyclic amines) is 1. The summed E-state index contributed by atoms with van der Waals surface area (Å²) in [4.78, 5) is 22.6. The van der Waals surface area contributed by atoms with Gasteiger partial charge in [-0.15, -0.1) is 0 Å². The number of aliphatic hydroxyl groups excluding tert-OH is 1. The van der Waals surface area contributed by atoms with Crippen molar-refractivity contribution in [3.8, 4) is 11.5 Å². The van der Waals surface area contributed by atoms with Crippen LogP contribution in [0.1, 0.15) is 30.9 Å². The molecule has 4 heterocycles. The van der Waals surface area contributed by atoms with Crippen molar-refractivity contribution < 1.29 is 23.8 Å². The van der Waals surface area contributed by atoms with E-state index < -0.39 is 18.0 Å². The van der Waals surface area contributed by atoms with Crippen molar-refractivity contribution in [3.63, 3.8) is 0 Å². The van der Waals surface area contributed by atoms with Gasteiger partial charge in [-0.05, 0) is 80.4 Å². The molecule has 2 fully saturated rings. The first kappa shape index (κ1) is 26.1. The number of benzene rings is 2. The summed E-state index contributed by atoms with van der Waals surface area (Å²) in [7, 11) is 0. The van der Waals surface area contributed by atoms with E-state index in [2.05, 4.69) is 15.1 Å². The molecule has 0 bridgehead atoms. The average Bonchev–Trinajstić information content (AvgIpc) is 3.65. The van der Waals surface area contributed by atoms with Crippen LogP contribution in [0.3, 0.4) is 0 Å². The highest BCUT2D eigenvalue weighted by Crippen LogP contribution is 2.36. The number of nitrogens with zero attached hydrogens (tertiary/aromatic N) is 3. The minimum absolute atomic E-state index is 0.0637. The first-order chi connectivity index (χ1) is 18.9. The summed E-state index contributed by atoms with van der Waals surface area (Å²) in [5, 5.41) is 16.1. The van der Waals surface area contributed by atoms with Crippen LogP contribution < -0.4 is 19.7 Å². The molecule has 0 aliphatic carbocycles. The first-order valence-corrected chi connectivity index (χ1v) is 13.9. The Morgan fingerprint density at radius 3 is 2.79 bits per heavy atom. The Morgan fingerprint density at radius 2 is 1.95 bits per heavy atom. The zero-order chi connectivity index (χ0) is 26.9. The largest absolute Gasteiger partial charge is 0.486 e. The van der Waals surface area contributed by atoms with Gasteiger partial charge in [-0.2, -0.15) is 0 Å². The number of pyridine rings is 1. The van der Waals surface area contributed by atoms with E-state index >= 15 is 0 Å². The van der Waals surface area contributed by atoms with Crippen molar-refractivity contribution in [2.45, 2.75) is 31.4 Å². The quantitative estimate of drug-likeness (QED) is 0.457. The van der Waals surface area contributed by atoms with Gasteiger partial charge in [0.15, 0.2) is 17.3 Å². The van der Waals surface area contributed by atoms with E-state index in [1.165, 1.54) is 6.07 Å². The summed E-state index contributed by atoms with van der Waals surface area (Å²) >= 11 is 6.10. The lowest BCUT2D eigenvalue weighted by Crippen LogP contribution is -2.48. The number of nitrogens with one attached hydrogen (secondary N) is 1. The van der Waals surface area contributed by atoms with E-state index in [1.807, 2.05) is 30.3 Å². The molecule has 3 aromatic rings. The third-order valence-corrected chi connectivity index (χ3v) is 8.08. The summed E-state index contributed by atoms with van der Waals surface area (Å²) < 4.78 is 25.7. The summed E-state index contributed by atoms with van der Waals surface area (Å²) in [6, 6.07) is 11.8. The number of carbonyl (C=O) groups excluding carboxylic acids is 1. The predicted molar refractivity (Wildman–Crippen MR) is 147 cm³/mol. The molecule has 206 valence electrons. The molecule has 2 saturated heterocycles. The molecule has 0 spiro atoms. The van der Waals surface area contributed by atoms with Crippen molar-refractivity contribution in [2.24, 2.45) is 5.92 Å².